The largest absolute Gasteiger partial charge is 0.317 e. The van der Waals surface area contributed by atoms with Crippen molar-refractivity contribution in [1.29, 1.82) is 0 Å². The number of unbranched alkanes of at least 4 members (excludes halogenated alkanes) is 13. The summed E-state index contributed by atoms with van der Waals surface area (Å²) in [7, 11) is 0. The molecule has 0 amide bonds. The standard InChI is InChI=1S/C28H57N/c1-5-7-8-18-23-28(6-2)24-19-14-10-12-16-21-26-29-25-20-15-11-9-13-17-22-27(3)4/h28-29H,3,5-26H2,1-2,4H3. The van der Waals surface area contributed by atoms with Crippen LogP contribution in [0.4, 0.5) is 0 Å². The van der Waals surface area contributed by atoms with Crippen molar-refractivity contribution in [2.45, 2.75) is 149 Å². The van der Waals surface area contributed by atoms with E-state index in [1.807, 2.05) is 0 Å². The van der Waals surface area contributed by atoms with Gasteiger partial charge in [-0.2, -0.15) is 0 Å². The van der Waals surface area contributed by atoms with Crippen molar-refractivity contribution < 1.29 is 0 Å². The highest BCUT2D eigenvalue weighted by Crippen LogP contribution is 2.21. The van der Waals surface area contributed by atoms with Gasteiger partial charge in [0.25, 0.3) is 0 Å². The molecule has 0 fully saturated rings. The van der Waals surface area contributed by atoms with E-state index in [-0.39, 0.29) is 0 Å². The lowest BCUT2D eigenvalue weighted by Crippen LogP contribution is -2.16. The van der Waals surface area contributed by atoms with Gasteiger partial charge in [0.15, 0.2) is 0 Å². The van der Waals surface area contributed by atoms with Crippen LogP contribution in [-0.2, 0) is 0 Å². The first-order chi connectivity index (χ1) is 14.2. The van der Waals surface area contributed by atoms with Gasteiger partial charge in [0.05, 0.1) is 0 Å². The molecule has 0 bridgehead atoms. The number of rotatable bonds is 24. The zero-order valence-corrected chi connectivity index (χ0v) is 20.8. The Balaban J connectivity index is 3.18. The Morgan fingerprint density at radius 2 is 1.07 bits per heavy atom. The van der Waals surface area contributed by atoms with E-state index >= 15 is 0 Å². The summed E-state index contributed by atoms with van der Waals surface area (Å²) in [6, 6.07) is 0. The molecule has 1 heteroatoms. The van der Waals surface area contributed by atoms with Crippen molar-refractivity contribution in [1.82, 2.24) is 5.32 Å². The zero-order valence-electron chi connectivity index (χ0n) is 20.8. The fourth-order valence-corrected chi connectivity index (χ4v) is 4.31. The molecule has 0 aromatic carbocycles. The van der Waals surface area contributed by atoms with Gasteiger partial charge in [-0.1, -0.05) is 122 Å². The normalized spacial score (nSPS) is 12.4. The van der Waals surface area contributed by atoms with Crippen molar-refractivity contribution in [2.24, 2.45) is 5.92 Å². The number of allylic oxidation sites excluding steroid dienone is 1. The van der Waals surface area contributed by atoms with Crippen molar-refractivity contribution >= 4 is 0 Å². The van der Waals surface area contributed by atoms with Crippen LogP contribution in [0.15, 0.2) is 12.2 Å². The van der Waals surface area contributed by atoms with Crippen LogP contribution in [0.1, 0.15) is 149 Å². The van der Waals surface area contributed by atoms with E-state index in [1.54, 1.807) is 0 Å². The average Bonchev–Trinajstić information content (AvgIpc) is 2.71. The summed E-state index contributed by atoms with van der Waals surface area (Å²) in [6.07, 6.45) is 28.2. The van der Waals surface area contributed by atoms with Crippen LogP contribution in [0.25, 0.3) is 0 Å². The van der Waals surface area contributed by atoms with E-state index in [9.17, 15) is 0 Å². The van der Waals surface area contributed by atoms with Gasteiger partial charge in [-0.15, -0.1) is 6.58 Å². The molecule has 0 aliphatic rings. The molecule has 0 radical (unpaired) electrons. The highest BCUT2D eigenvalue weighted by molar-refractivity contribution is 4.86. The first kappa shape index (κ1) is 28.7. The summed E-state index contributed by atoms with van der Waals surface area (Å²) in [4.78, 5) is 0. The van der Waals surface area contributed by atoms with Crippen LogP contribution < -0.4 is 5.32 Å². The SMILES string of the molecule is C=C(C)CCCCCCCCNCCCCCCCCC(CC)CCCCCC. The maximum atomic E-state index is 3.98. The molecule has 1 nitrogen and oxygen atoms in total. The molecule has 0 aromatic heterocycles. The highest BCUT2D eigenvalue weighted by atomic mass is 14.8. The lowest BCUT2D eigenvalue weighted by atomic mass is 9.92. The first-order valence-electron chi connectivity index (χ1n) is 13.6. The van der Waals surface area contributed by atoms with Gasteiger partial charge >= 0.3 is 0 Å². The van der Waals surface area contributed by atoms with E-state index in [0.29, 0.717) is 0 Å². The fourth-order valence-electron chi connectivity index (χ4n) is 4.31. The third-order valence-electron chi connectivity index (χ3n) is 6.47. The Hall–Kier alpha value is -0.300. The Kier molecular flexibility index (Phi) is 23.7. The van der Waals surface area contributed by atoms with Crippen molar-refractivity contribution in [2.75, 3.05) is 13.1 Å². The molecular formula is C28H57N. The quantitative estimate of drug-likeness (QED) is 0.124. The molecule has 0 aliphatic heterocycles. The summed E-state index contributed by atoms with van der Waals surface area (Å²) in [5, 5.41) is 3.64. The van der Waals surface area contributed by atoms with E-state index < -0.39 is 0 Å². The maximum Gasteiger partial charge on any atom is -0.00489 e. The first-order valence-corrected chi connectivity index (χ1v) is 13.6. The van der Waals surface area contributed by atoms with Crippen LogP contribution in [0, 0.1) is 5.92 Å². The third-order valence-corrected chi connectivity index (χ3v) is 6.47. The minimum atomic E-state index is 1.01. The summed E-state index contributed by atoms with van der Waals surface area (Å²) in [5.41, 5.74) is 1.34. The molecule has 174 valence electrons. The number of nitrogens with one attached hydrogen (secondary N) is 1. The molecule has 0 saturated carbocycles. The smallest absolute Gasteiger partial charge is 0.00489 e. The van der Waals surface area contributed by atoms with Gasteiger partial charge < -0.3 is 5.32 Å². The average molecular weight is 408 g/mol. The van der Waals surface area contributed by atoms with Crippen LogP contribution in [0.2, 0.25) is 0 Å². The second-order valence-corrected chi connectivity index (χ2v) is 9.61. The minimum absolute atomic E-state index is 1.01. The van der Waals surface area contributed by atoms with Crippen LogP contribution in [0.5, 0.6) is 0 Å². The van der Waals surface area contributed by atoms with Crippen LogP contribution in [-0.4, -0.2) is 13.1 Å². The second-order valence-electron chi connectivity index (χ2n) is 9.61. The van der Waals surface area contributed by atoms with Crippen molar-refractivity contribution in [3.8, 4) is 0 Å². The number of hydrogen-bond donors (Lipinski definition) is 1. The molecule has 1 N–H and O–H groups in total. The van der Waals surface area contributed by atoms with Gasteiger partial charge in [0.1, 0.15) is 0 Å². The molecule has 0 rings (SSSR count). The van der Waals surface area contributed by atoms with E-state index in [1.165, 1.54) is 147 Å². The van der Waals surface area contributed by atoms with Gasteiger partial charge in [-0.3, -0.25) is 0 Å². The topological polar surface area (TPSA) is 12.0 Å². The molecule has 0 spiro atoms. The van der Waals surface area contributed by atoms with Gasteiger partial charge in [-0.05, 0) is 51.6 Å². The van der Waals surface area contributed by atoms with Crippen molar-refractivity contribution in [3.63, 3.8) is 0 Å². The molecule has 1 atom stereocenters. The number of hydrogen-bond acceptors (Lipinski definition) is 1. The predicted molar refractivity (Wildman–Crippen MR) is 135 cm³/mol. The van der Waals surface area contributed by atoms with E-state index in [4.69, 9.17) is 0 Å². The molecule has 0 aromatic rings. The lowest BCUT2D eigenvalue weighted by Gasteiger charge is -2.14. The second kappa shape index (κ2) is 24.0. The minimum Gasteiger partial charge on any atom is -0.317 e. The van der Waals surface area contributed by atoms with Gasteiger partial charge in [0, 0.05) is 0 Å². The predicted octanol–water partition coefficient (Wildman–Crippen LogP) is 9.61. The fraction of sp³-hybridized carbons (Fsp3) is 0.929. The lowest BCUT2D eigenvalue weighted by molar-refractivity contribution is 0.394. The monoisotopic (exact) mass is 407 g/mol. The van der Waals surface area contributed by atoms with Gasteiger partial charge in [-0.25, -0.2) is 0 Å². The Morgan fingerprint density at radius 3 is 1.55 bits per heavy atom. The summed E-state index contributed by atoms with van der Waals surface area (Å²) < 4.78 is 0. The highest BCUT2D eigenvalue weighted by Gasteiger charge is 2.05. The Bertz CT molecular complexity index is 322. The summed E-state index contributed by atoms with van der Waals surface area (Å²) in [5.74, 6) is 1.01. The summed E-state index contributed by atoms with van der Waals surface area (Å²) >= 11 is 0. The molecular weight excluding hydrogens is 350 g/mol. The van der Waals surface area contributed by atoms with Crippen molar-refractivity contribution in [3.05, 3.63) is 12.2 Å². The van der Waals surface area contributed by atoms with Crippen LogP contribution >= 0.6 is 0 Å². The third kappa shape index (κ3) is 23.8. The molecule has 0 heterocycles. The molecule has 0 aliphatic carbocycles. The maximum absolute atomic E-state index is 3.98. The van der Waals surface area contributed by atoms with Crippen LogP contribution in [0.3, 0.4) is 0 Å². The molecule has 0 saturated heterocycles. The summed E-state index contributed by atoms with van der Waals surface area (Å²) in [6.45, 7) is 13.3. The Morgan fingerprint density at radius 1 is 0.621 bits per heavy atom. The molecule has 1 unspecified atom stereocenters. The van der Waals surface area contributed by atoms with E-state index in [2.05, 4.69) is 32.7 Å². The van der Waals surface area contributed by atoms with Gasteiger partial charge in [0.2, 0.25) is 0 Å². The Labute approximate surface area is 185 Å². The zero-order chi connectivity index (χ0) is 21.4. The molecule has 29 heavy (non-hydrogen) atoms. The van der Waals surface area contributed by atoms with E-state index in [0.717, 1.165) is 5.92 Å².